The van der Waals surface area contributed by atoms with E-state index in [2.05, 4.69) is 25.8 Å². The molecule has 3 nitrogen and oxygen atoms in total. The predicted molar refractivity (Wildman–Crippen MR) is 70.2 cm³/mol. The summed E-state index contributed by atoms with van der Waals surface area (Å²) in [5, 5.41) is 0. The fraction of sp³-hybridized carbons (Fsp3) is 0.571. The maximum Gasteiger partial charge on any atom is 0.253 e. The molecule has 0 aliphatic carbocycles. The van der Waals surface area contributed by atoms with Crippen molar-refractivity contribution in [1.29, 1.82) is 0 Å². The molecule has 0 aromatic carbocycles. The molecule has 0 aliphatic heterocycles. The van der Waals surface area contributed by atoms with Crippen LogP contribution in [0.4, 0.5) is 0 Å². The van der Waals surface area contributed by atoms with E-state index < -0.39 is 0 Å². The Morgan fingerprint density at radius 3 is 2.35 bits per heavy atom. The molecule has 3 heteroatoms. The summed E-state index contributed by atoms with van der Waals surface area (Å²) in [7, 11) is 0. The highest BCUT2D eigenvalue weighted by Gasteiger charge is 2.18. The molecule has 0 saturated heterocycles. The van der Waals surface area contributed by atoms with E-state index in [4.69, 9.17) is 0 Å². The molecule has 0 spiro atoms. The molecule has 0 radical (unpaired) electrons. The molecule has 0 aliphatic rings. The molecule has 0 saturated carbocycles. The average molecular weight is 234 g/mol. The normalized spacial score (nSPS) is 11.4. The summed E-state index contributed by atoms with van der Waals surface area (Å²) >= 11 is 0. The number of rotatable bonds is 3. The largest absolute Gasteiger partial charge is 0.339 e. The maximum absolute atomic E-state index is 12.2. The van der Waals surface area contributed by atoms with Gasteiger partial charge in [0.05, 0.1) is 0 Å². The maximum atomic E-state index is 12.2. The predicted octanol–water partition coefficient (Wildman–Crippen LogP) is 2.86. The first kappa shape index (κ1) is 13.7. The number of aromatic nitrogens is 1. The zero-order chi connectivity index (χ0) is 13.1. The van der Waals surface area contributed by atoms with Gasteiger partial charge in [0.1, 0.15) is 0 Å². The SMILES string of the molecule is CCN(CC)C(=O)c1ccnc(C(C)(C)C)c1. The summed E-state index contributed by atoms with van der Waals surface area (Å²) in [6.45, 7) is 11.8. The molecule has 1 aromatic rings. The van der Waals surface area contributed by atoms with Crippen LogP contribution in [0.2, 0.25) is 0 Å². The van der Waals surface area contributed by atoms with Crippen molar-refractivity contribution in [2.24, 2.45) is 0 Å². The second kappa shape index (κ2) is 5.30. The minimum Gasteiger partial charge on any atom is -0.339 e. The van der Waals surface area contributed by atoms with Crippen molar-refractivity contribution < 1.29 is 4.79 Å². The summed E-state index contributed by atoms with van der Waals surface area (Å²) in [5.74, 6) is 0.0860. The first-order valence-corrected chi connectivity index (χ1v) is 6.16. The Morgan fingerprint density at radius 2 is 1.88 bits per heavy atom. The van der Waals surface area contributed by atoms with Gasteiger partial charge in [-0.15, -0.1) is 0 Å². The van der Waals surface area contributed by atoms with E-state index >= 15 is 0 Å². The van der Waals surface area contributed by atoms with Crippen molar-refractivity contribution in [3.63, 3.8) is 0 Å². The number of amides is 1. The van der Waals surface area contributed by atoms with Crippen LogP contribution in [0.3, 0.4) is 0 Å². The van der Waals surface area contributed by atoms with Crippen LogP contribution >= 0.6 is 0 Å². The van der Waals surface area contributed by atoms with Gasteiger partial charge in [0.25, 0.3) is 5.91 Å². The lowest BCUT2D eigenvalue weighted by Crippen LogP contribution is -2.30. The van der Waals surface area contributed by atoms with Gasteiger partial charge in [0, 0.05) is 36.0 Å². The van der Waals surface area contributed by atoms with E-state index in [9.17, 15) is 4.79 Å². The van der Waals surface area contributed by atoms with Crippen LogP contribution in [0.25, 0.3) is 0 Å². The molecule has 17 heavy (non-hydrogen) atoms. The van der Waals surface area contributed by atoms with Crippen LogP contribution in [0.15, 0.2) is 18.3 Å². The first-order chi connectivity index (χ1) is 7.90. The summed E-state index contributed by atoms with van der Waals surface area (Å²) in [6.07, 6.45) is 1.72. The van der Waals surface area contributed by atoms with E-state index in [1.807, 2.05) is 24.8 Å². The van der Waals surface area contributed by atoms with Crippen LogP contribution in [0.5, 0.6) is 0 Å². The Kier molecular flexibility index (Phi) is 4.27. The van der Waals surface area contributed by atoms with E-state index in [1.54, 1.807) is 12.3 Å². The van der Waals surface area contributed by atoms with Gasteiger partial charge in [-0.2, -0.15) is 0 Å². The van der Waals surface area contributed by atoms with Crippen molar-refractivity contribution >= 4 is 5.91 Å². The Morgan fingerprint density at radius 1 is 1.29 bits per heavy atom. The molecule has 0 N–H and O–H groups in total. The highest BCUT2D eigenvalue weighted by molar-refractivity contribution is 5.94. The van der Waals surface area contributed by atoms with Crippen molar-refractivity contribution in [1.82, 2.24) is 9.88 Å². The molecule has 0 bridgehead atoms. The van der Waals surface area contributed by atoms with Gasteiger partial charge >= 0.3 is 0 Å². The van der Waals surface area contributed by atoms with Gasteiger partial charge in [-0.05, 0) is 26.0 Å². The molecule has 1 rings (SSSR count). The minimum atomic E-state index is -0.0282. The summed E-state index contributed by atoms with van der Waals surface area (Å²) in [6, 6.07) is 3.69. The molecular weight excluding hydrogens is 212 g/mol. The average Bonchev–Trinajstić information content (AvgIpc) is 2.29. The lowest BCUT2D eigenvalue weighted by Gasteiger charge is -2.21. The molecule has 94 valence electrons. The molecule has 1 amide bonds. The van der Waals surface area contributed by atoms with Gasteiger partial charge in [-0.1, -0.05) is 20.8 Å². The van der Waals surface area contributed by atoms with Crippen LogP contribution in [-0.2, 0) is 5.41 Å². The topological polar surface area (TPSA) is 33.2 Å². The summed E-state index contributed by atoms with van der Waals surface area (Å²) in [4.78, 5) is 18.3. The summed E-state index contributed by atoms with van der Waals surface area (Å²) < 4.78 is 0. The fourth-order valence-corrected chi connectivity index (χ4v) is 1.67. The lowest BCUT2D eigenvalue weighted by molar-refractivity contribution is 0.0772. The third-order valence-corrected chi connectivity index (χ3v) is 2.83. The molecule has 1 heterocycles. The second-order valence-electron chi connectivity index (χ2n) is 5.16. The number of carbonyl (C=O) groups excluding carboxylic acids is 1. The Balaban J connectivity index is 3.04. The Bertz CT molecular complexity index is 389. The smallest absolute Gasteiger partial charge is 0.253 e. The van der Waals surface area contributed by atoms with Gasteiger partial charge in [0.2, 0.25) is 0 Å². The van der Waals surface area contributed by atoms with Crippen LogP contribution in [0.1, 0.15) is 50.7 Å². The fourth-order valence-electron chi connectivity index (χ4n) is 1.67. The van der Waals surface area contributed by atoms with Crippen molar-refractivity contribution in [2.75, 3.05) is 13.1 Å². The van der Waals surface area contributed by atoms with Crippen molar-refractivity contribution in [3.8, 4) is 0 Å². The van der Waals surface area contributed by atoms with Gasteiger partial charge in [-0.25, -0.2) is 0 Å². The Hall–Kier alpha value is -1.38. The van der Waals surface area contributed by atoms with Gasteiger partial charge < -0.3 is 4.90 Å². The highest BCUT2D eigenvalue weighted by atomic mass is 16.2. The zero-order valence-corrected chi connectivity index (χ0v) is 11.4. The highest BCUT2D eigenvalue weighted by Crippen LogP contribution is 2.20. The quantitative estimate of drug-likeness (QED) is 0.805. The number of pyridine rings is 1. The van der Waals surface area contributed by atoms with Crippen LogP contribution in [0, 0.1) is 0 Å². The molecule has 1 aromatic heterocycles. The number of hydrogen-bond donors (Lipinski definition) is 0. The molecule has 0 unspecified atom stereocenters. The zero-order valence-electron chi connectivity index (χ0n) is 11.4. The van der Waals surface area contributed by atoms with E-state index in [0.29, 0.717) is 0 Å². The van der Waals surface area contributed by atoms with Crippen molar-refractivity contribution in [3.05, 3.63) is 29.6 Å². The molecule has 0 fully saturated rings. The van der Waals surface area contributed by atoms with Crippen LogP contribution < -0.4 is 0 Å². The number of carbonyl (C=O) groups is 1. The van der Waals surface area contributed by atoms with Crippen LogP contribution in [-0.4, -0.2) is 28.9 Å². The number of hydrogen-bond acceptors (Lipinski definition) is 2. The van der Waals surface area contributed by atoms with E-state index in [-0.39, 0.29) is 11.3 Å². The van der Waals surface area contributed by atoms with Gasteiger partial charge in [-0.3, -0.25) is 9.78 Å². The van der Waals surface area contributed by atoms with E-state index in [0.717, 1.165) is 24.3 Å². The Labute approximate surface area is 104 Å². The minimum absolute atomic E-state index is 0.0282. The third kappa shape index (κ3) is 3.29. The van der Waals surface area contributed by atoms with E-state index in [1.165, 1.54) is 0 Å². The molecular formula is C14H22N2O. The third-order valence-electron chi connectivity index (χ3n) is 2.83. The monoisotopic (exact) mass is 234 g/mol. The second-order valence-corrected chi connectivity index (χ2v) is 5.16. The first-order valence-electron chi connectivity index (χ1n) is 6.16. The lowest BCUT2D eigenvalue weighted by atomic mass is 9.91. The molecule has 0 atom stereocenters. The standard InChI is InChI=1S/C14H22N2O/c1-6-16(7-2)13(17)11-8-9-15-12(10-11)14(3,4)5/h8-10H,6-7H2,1-5H3. The van der Waals surface area contributed by atoms with Gasteiger partial charge in [0.15, 0.2) is 0 Å². The summed E-state index contributed by atoms with van der Waals surface area (Å²) in [5.41, 5.74) is 1.66. The van der Waals surface area contributed by atoms with Crippen molar-refractivity contribution in [2.45, 2.75) is 40.0 Å². The number of nitrogens with zero attached hydrogens (tertiary/aromatic N) is 2.